The first-order valence-corrected chi connectivity index (χ1v) is 7.67. The highest BCUT2D eigenvalue weighted by Crippen LogP contribution is 2.17. The monoisotopic (exact) mass is 314 g/mol. The van der Waals surface area contributed by atoms with Crippen LogP contribution in [0.4, 0.5) is 11.5 Å². The van der Waals surface area contributed by atoms with E-state index in [1.807, 2.05) is 12.1 Å². The molecule has 1 aromatic heterocycles. The zero-order valence-corrected chi connectivity index (χ0v) is 13.7. The molecule has 0 aliphatic carbocycles. The first-order chi connectivity index (χ1) is 11.1. The van der Waals surface area contributed by atoms with Gasteiger partial charge in [0.2, 0.25) is 0 Å². The maximum atomic E-state index is 12.4. The van der Waals surface area contributed by atoms with Gasteiger partial charge in [-0.15, -0.1) is 0 Å². The SMILES string of the molecule is CCCCNc1cc(C(=O)Nc2cccc(OC)c2)nc(C)n1. The van der Waals surface area contributed by atoms with E-state index in [0.717, 1.165) is 19.4 Å². The molecule has 1 amide bonds. The van der Waals surface area contributed by atoms with Crippen LogP contribution >= 0.6 is 0 Å². The number of aromatic nitrogens is 2. The quantitative estimate of drug-likeness (QED) is 0.767. The van der Waals surface area contributed by atoms with Gasteiger partial charge in [0.1, 0.15) is 23.1 Å². The van der Waals surface area contributed by atoms with Crippen molar-refractivity contribution >= 4 is 17.4 Å². The Balaban J connectivity index is 2.11. The van der Waals surface area contributed by atoms with Crippen LogP contribution in [0.15, 0.2) is 30.3 Å². The summed E-state index contributed by atoms with van der Waals surface area (Å²) in [5, 5.41) is 6.03. The van der Waals surface area contributed by atoms with Crippen molar-refractivity contribution in [2.24, 2.45) is 0 Å². The minimum Gasteiger partial charge on any atom is -0.497 e. The normalized spacial score (nSPS) is 10.2. The second-order valence-corrected chi connectivity index (χ2v) is 5.15. The standard InChI is InChI=1S/C17H22N4O2/c1-4-5-9-18-16-11-15(19-12(2)20-16)17(22)21-13-7-6-8-14(10-13)23-3/h6-8,10-11H,4-5,9H2,1-3H3,(H,21,22)(H,18,19,20). The van der Waals surface area contributed by atoms with Gasteiger partial charge < -0.3 is 15.4 Å². The van der Waals surface area contributed by atoms with Crippen LogP contribution in [0.3, 0.4) is 0 Å². The molecule has 0 aliphatic heterocycles. The van der Waals surface area contributed by atoms with Crippen LogP contribution in [0.2, 0.25) is 0 Å². The Morgan fingerprint density at radius 3 is 2.83 bits per heavy atom. The fraction of sp³-hybridized carbons (Fsp3) is 0.353. The van der Waals surface area contributed by atoms with Crippen LogP contribution in [-0.2, 0) is 0 Å². The topological polar surface area (TPSA) is 76.1 Å². The molecule has 0 atom stereocenters. The third kappa shape index (κ3) is 4.95. The lowest BCUT2D eigenvalue weighted by atomic mass is 10.2. The largest absolute Gasteiger partial charge is 0.497 e. The van der Waals surface area contributed by atoms with E-state index >= 15 is 0 Å². The summed E-state index contributed by atoms with van der Waals surface area (Å²) in [6.45, 7) is 4.72. The predicted molar refractivity (Wildman–Crippen MR) is 91.1 cm³/mol. The van der Waals surface area contributed by atoms with E-state index in [0.29, 0.717) is 28.8 Å². The predicted octanol–water partition coefficient (Wildman–Crippen LogP) is 3.26. The van der Waals surface area contributed by atoms with E-state index in [1.165, 1.54) is 0 Å². The number of hydrogen-bond acceptors (Lipinski definition) is 5. The maximum absolute atomic E-state index is 12.4. The summed E-state index contributed by atoms with van der Waals surface area (Å²) in [6, 6.07) is 8.86. The fourth-order valence-electron chi connectivity index (χ4n) is 2.06. The minimum absolute atomic E-state index is 0.276. The average molecular weight is 314 g/mol. The molecule has 0 aliphatic rings. The zero-order valence-electron chi connectivity index (χ0n) is 13.7. The summed E-state index contributed by atoms with van der Waals surface area (Å²) < 4.78 is 5.15. The fourth-order valence-corrected chi connectivity index (χ4v) is 2.06. The number of carbonyl (C=O) groups is 1. The van der Waals surface area contributed by atoms with Gasteiger partial charge in [0.25, 0.3) is 5.91 Å². The Hall–Kier alpha value is -2.63. The number of aryl methyl sites for hydroxylation is 1. The molecule has 23 heavy (non-hydrogen) atoms. The second-order valence-electron chi connectivity index (χ2n) is 5.15. The first kappa shape index (κ1) is 16.7. The highest BCUT2D eigenvalue weighted by atomic mass is 16.5. The summed E-state index contributed by atoms with van der Waals surface area (Å²) in [4.78, 5) is 20.9. The van der Waals surface area contributed by atoms with Gasteiger partial charge in [-0.3, -0.25) is 4.79 Å². The number of nitrogens with zero attached hydrogens (tertiary/aromatic N) is 2. The molecular weight excluding hydrogens is 292 g/mol. The van der Waals surface area contributed by atoms with Gasteiger partial charge in [0, 0.05) is 24.4 Å². The van der Waals surface area contributed by atoms with E-state index in [2.05, 4.69) is 27.5 Å². The number of methoxy groups -OCH3 is 1. The molecule has 6 heteroatoms. The van der Waals surface area contributed by atoms with E-state index in [-0.39, 0.29) is 5.91 Å². The van der Waals surface area contributed by atoms with Crippen LogP contribution in [-0.4, -0.2) is 29.5 Å². The van der Waals surface area contributed by atoms with E-state index < -0.39 is 0 Å². The Morgan fingerprint density at radius 1 is 1.26 bits per heavy atom. The number of ether oxygens (including phenoxy) is 1. The number of nitrogens with one attached hydrogen (secondary N) is 2. The van der Waals surface area contributed by atoms with Gasteiger partial charge >= 0.3 is 0 Å². The summed E-state index contributed by atoms with van der Waals surface area (Å²) in [6.07, 6.45) is 2.15. The Bertz CT molecular complexity index is 673. The van der Waals surface area contributed by atoms with Crippen LogP contribution < -0.4 is 15.4 Å². The number of hydrogen-bond donors (Lipinski definition) is 2. The molecule has 0 saturated heterocycles. The summed E-state index contributed by atoms with van der Waals surface area (Å²) >= 11 is 0. The van der Waals surface area contributed by atoms with Crippen molar-refractivity contribution < 1.29 is 9.53 Å². The smallest absolute Gasteiger partial charge is 0.274 e. The van der Waals surface area contributed by atoms with Crippen molar-refractivity contribution in [3.8, 4) is 5.75 Å². The summed E-state index contributed by atoms with van der Waals surface area (Å²) in [7, 11) is 1.59. The van der Waals surface area contributed by atoms with Crippen molar-refractivity contribution in [2.45, 2.75) is 26.7 Å². The molecule has 2 N–H and O–H groups in total. The lowest BCUT2D eigenvalue weighted by Crippen LogP contribution is -2.16. The van der Waals surface area contributed by atoms with E-state index in [1.54, 1.807) is 32.2 Å². The van der Waals surface area contributed by atoms with E-state index in [4.69, 9.17) is 4.74 Å². The molecule has 2 rings (SSSR count). The molecule has 1 heterocycles. The molecule has 6 nitrogen and oxygen atoms in total. The maximum Gasteiger partial charge on any atom is 0.274 e. The van der Waals surface area contributed by atoms with Gasteiger partial charge in [0.15, 0.2) is 0 Å². The van der Waals surface area contributed by atoms with Gasteiger partial charge in [-0.2, -0.15) is 0 Å². The summed E-state index contributed by atoms with van der Waals surface area (Å²) in [5.41, 5.74) is 0.991. The molecule has 0 unspecified atom stereocenters. The minimum atomic E-state index is -0.276. The summed E-state index contributed by atoms with van der Waals surface area (Å²) in [5.74, 6) is 1.63. The van der Waals surface area contributed by atoms with Gasteiger partial charge in [-0.1, -0.05) is 19.4 Å². The van der Waals surface area contributed by atoms with Gasteiger partial charge in [0.05, 0.1) is 7.11 Å². The number of amides is 1. The molecule has 1 aromatic carbocycles. The second kappa shape index (κ2) is 8.12. The molecular formula is C17H22N4O2. The molecule has 2 aromatic rings. The molecule has 0 radical (unpaired) electrons. The van der Waals surface area contributed by atoms with Crippen molar-refractivity contribution in [1.82, 2.24) is 9.97 Å². The lowest BCUT2D eigenvalue weighted by Gasteiger charge is -2.09. The molecule has 0 spiro atoms. The van der Waals surface area contributed by atoms with Gasteiger partial charge in [-0.05, 0) is 25.5 Å². The number of benzene rings is 1. The van der Waals surface area contributed by atoms with Crippen LogP contribution in [0.5, 0.6) is 5.75 Å². The number of carbonyl (C=O) groups excluding carboxylic acids is 1. The van der Waals surface area contributed by atoms with Crippen LogP contribution in [0.25, 0.3) is 0 Å². The third-order valence-corrected chi connectivity index (χ3v) is 3.23. The molecule has 0 fully saturated rings. The van der Waals surface area contributed by atoms with Crippen LogP contribution in [0.1, 0.15) is 36.1 Å². The number of unbranched alkanes of at least 4 members (excludes halogenated alkanes) is 1. The van der Waals surface area contributed by atoms with Crippen molar-refractivity contribution in [3.05, 3.63) is 41.9 Å². The lowest BCUT2D eigenvalue weighted by molar-refractivity contribution is 0.102. The highest BCUT2D eigenvalue weighted by Gasteiger charge is 2.11. The number of rotatable bonds is 7. The Kier molecular flexibility index (Phi) is 5.91. The average Bonchev–Trinajstić information content (AvgIpc) is 2.55. The molecule has 0 saturated carbocycles. The third-order valence-electron chi connectivity index (χ3n) is 3.23. The van der Waals surface area contributed by atoms with Crippen LogP contribution in [0, 0.1) is 6.92 Å². The first-order valence-electron chi connectivity index (χ1n) is 7.67. The van der Waals surface area contributed by atoms with Gasteiger partial charge in [-0.25, -0.2) is 9.97 Å². The van der Waals surface area contributed by atoms with E-state index in [9.17, 15) is 4.79 Å². The molecule has 122 valence electrons. The van der Waals surface area contributed by atoms with Crippen molar-refractivity contribution in [3.63, 3.8) is 0 Å². The van der Waals surface area contributed by atoms with Crippen molar-refractivity contribution in [1.29, 1.82) is 0 Å². The Labute approximate surface area is 136 Å². The zero-order chi connectivity index (χ0) is 16.7. The Morgan fingerprint density at radius 2 is 2.09 bits per heavy atom. The molecule has 0 bridgehead atoms. The van der Waals surface area contributed by atoms with Crippen molar-refractivity contribution in [2.75, 3.05) is 24.3 Å². The number of anilines is 2. The highest BCUT2D eigenvalue weighted by molar-refractivity contribution is 6.03.